The molecule has 1 aromatic carbocycles. The van der Waals surface area contributed by atoms with Gasteiger partial charge in [-0.05, 0) is 55.9 Å². The molecule has 1 saturated carbocycles. The van der Waals surface area contributed by atoms with E-state index in [0.717, 1.165) is 57.1 Å². The summed E-state index contributed by atoms with van der Waals surface area (Å²) in [7, 11) is 1.89. The quantitative estimate of drug-likeness (QED) is 0.492. The summed E-state index contributed by atoms with van der Waals surface area (Å²) in [4.78, 5) is 19.6. The van der Waals surface area contributed by atoms with Gasteiger partial charge in [-0.1, -0.05) is 6.07 Å². The Morgan fingerprint density at radius 3 is 2.88 bits per heavy atom. The number of nitrogens with zero attached hydrogens (tertiary/aromatic N) is 5. The molecule has 1 aliphatic carbocycles. The lowest BCUT2D eigenvalue weighted by molar-refractivity contribution is -0.117. The summed E-state index contributed by atoms with van der Waals surface area (Å²) in [6.07, 6.45) is 9.40. The Morgan fingerprint density at radius 1 is 1.24 bits per heavy atom. The lowest BCUT2D eigenvalue weighted by atomic mass is 10.0. The highest BCUT2D eigenvalue weighted by atomic mass is 16.2. The fourth-order valence-corrected chi connectivity index (χ4v) is 5.46. The van der Waals surface area contributed by atoms with E-state index in [1.165, 1.54) is 19.3 Å². The third-order valence-corrected chi connectivity index (χ3v) is 7.08. The highest BCUT2D eigenvalue weighted by molar-refractivity contribution is 5.95. The van der Waals surface area contributed by atoms with Crippen LogP contribution in [0, 0.1) is 12.8 Å². The van der Waals surface area contributed by atoms with Crippen LogP contribution in [0.4, 0.5) is 5.69 Å². The van der Waals surface area contributed by atoms with E-state index in [1.54, 1.807) is 4.68 Å². The van der Waals surface area contributed by atoms with Crippen LogP contribution in [0.2, 0.25) is 0 Å². The monoisotopic (exact) mass is 441 g/mol. The zero-order valence-corrected chi connectivity index (χ0v) is 18.9. The van der Waals surface area contributed by atoms with Crippen molar-refractivity contribution in [3.05, 3.63) is 48.4 Å². The van der Waals surface area contributed by atoms with E-state index in [1.807, 2.05) is 50.8 Å². The van der Waals surface area contributed by atoms with Crippen LogP contribution in [-0.2, 0) is 11.8 Å². The average Bonchev–Trinajstić information content (AvgIpc) is 3.57. The third-order valence-electron chi connectivity index (χ3n) is 7.08. The van der Waals surface area contributed by atoms with Gasteiger partial charge in [0.2, 0.25) is 5.91 Å². The third kappa shape index (κ3) is 3.70. The molecule has 33 heavy (non-hydrogen) atoms. The molecule has 4 heterocycles. The Labute approximate surface area is 192 Å². The van der Waals surface area contributed by atoms with Crippen molar-refractivity contribution in [3.63, 3.8) is 0 Å². The van der Waals surface area contributed by atoms with E-state index in [2.05, 4.69) is 36.6 Å². The molecule has 4 aromatic rings. The molecule has 0 spiro atoms. The highest BCUT2D eigenvalue weighted by Crippen LogP contribution is 2.37. The molecule has 2 bridgehead atoms. The highest BCUT2D eigenvalue weighted by Gasteiger charge is 2.38. The molecule has 1 amide bonds. The predicted octanol–water partition coefficient (Wildman–Crippen LogP) is 3.76. The molecular weight excluding hydrogens is 414 g/mol. The number of likely N-dealkylation sites (tertiary alicyclic amines) is 1. The molecule has 6 rings (SSSR count). The fraction of sp³-hybridized carbons (Fsp3) is 0.360. The van der Waals surface area contributed by atoms with E-state index in [0.29, 0.717) is 12.6 Å². The number of aromatic nitrogens is 5. The van der Waals surface area contributed by atoms with Gasteiger partial charge in [0, 0.05) is 48.0 Å². The molecule has 3 aromatic heterocycles. The first kappa shape index (κ1) is 20.1. The van der Waals surface area contributed by atoms with Gasteiger partial charge in [0.25, 0.3) is 0 Å². The second-order valence-corrected chi connectivity index (χ2v) is 9.43. The van der Waals surface area contributed by atoms with Crippen molar-refractivity contribution in [2.24, 2.45) is 13.0 Å². The van der Waals surface area contributed by atoms with Crippen LogP contribution in [0.25, 0.3) is 33.4 Å². The van der Waals surface area contributed by atoms with Gasteiger partial charge in [-0.25, -0.2) is 0 Å². The Morgan fingerprint density at radius 2 is 2.15 bits per heavy atom. The number of H-pyrrole nitrogens is 1. The lowest BCUT2D eigenvalue weighted by Crippen LogP contribution is -2.38. The summed E-state index contributed by atoms with van der Waals surface area (Å²) in [5.41, 5.74) is 6.50. The molecule has 8 nitrogen and oxygen atoms in total. The van der Waals surface area contributed by atoms with Gasteiger partial charge in [0.15, 0.2) is 0 Å². The lowest BCUT2D eigenvalue weighted by Gasteiger charge is -2.25. The van der Waals surface area contributed by atoms with Crippen LogP contribution in [0.15, 0.2) is 42.9 Å². The van der Waals surface area contributed by atoms with Crippen molar-refractivity contribution in [2.75, 3.05) is 18.4 Å². The van der Waals surface area contributed by atoms with Gasteiger partial charge >= 0.3 is 0 Å². The largest absolute Gasteiger partial charge is 0.325 e. The van der Waals surface area contributed by atoms with Gasteiger partial charge < -0.3 is 5.32 Å². The molecule has 2 atom stereocenters. The minimum absolute atomic E-state index is 0.0637. The molecule has 168 valence electrons. The van der Waals surface area contributed by atoms with Gasteiger partial charge in [-0.2, -0.15) is 10.2 Å². The Bertz CT molecular complexity index is 1350. The molecule has 2 aliphatic rings. The molecular formula is C25H27N7O. The first-order valence-corrected chi connectivity index (χ1v) is 11.5. The maximum atomic E-state index is 12.6. The summed E-state index contributed by atoms with van der Waals surface area (Å²) in [5.74, 6) is 0.858. The second-order valence-electron chi connectivity index (χ2n) is 9.43. The maximum absolute atomic E-state index is 12.6. The minimum atomic E-state index is 0.0637. The molecule has 1 saturated heterocycles. The van der Waals surface area contributed by atoms with Crippen molar-refractivity contribution in [1.29, 1.82) is 0 Å². The predicted molar refractivity (Wildman–Crippen MR) is 128 cm³/mol. The normalized spacial score (nSPS) is 20.1. The van der Waals surface area contributed by atoms with Crippen molar-refractivity contribution < 1.29 is 4.79 Å². The Kier molecular flexibility index (Phi) is 4.76. The van der Waals surface area contributed by atoms with E-state index in [9.17, 15) is 4.79 Å². The van der Waals surface area contributed by atoms with Crippen LogP contribution in [-0.4, -0.2) is 54.9 Å². The summed E-state index contributed by atoms with van der Waals surface area (Å²) >= 11 is 0. The summed E-state index contributed by atoms with van der Waals surface area (Å²) in [6, 6.07) is 8.67. The number of aromatic amines is 1. The number of nitrogens with one attached hydrogen (secondary N) is 2. The summed E-state index contributed by atoms with van der Waals surface area (Å²) in [5, 5.41) is 15.9. The fourth-order valence-electron chi connectivity index (χ4n) is 5.46. The molecule has 0 radical (unpaired) electrons. The Balaban J connectivity index is 1.22. The van der Waals surface area contributed by atoms with Gasteiger partial charge in [-0.3, -0.25) is 24.5 Å². The second kappa shape index (κ2) is 7.81. The van der Waals surface area contributed by atoms with Crippen LogP contribution in [0.1, 0.15) is 24.8 Å². The number of carbonyl (C=O) groups is 1. The number of benzene rings is 1. The number of anilines is 1. The van der Waals surface area contributed by atoms with Gasteiger partial charge in [-0.15, -0.1) is 0 Å². The topological polar surface area (TPSA) is 91.7 Å². The first-order chi connectivity index (χ1) is 16.0. The zero-order valence-electron chi connectivity index (χ0n) is 18.9. The molecule has 1 aliphatic heterocycles. The first-order valence-electron chi connectivity index (χ1n) is 11.5. The van der Waals surface area contributed by atoms with Crippen LogP contribution >= 0.6 is 0 Å². The maximum Gasteiger partial charge on any atom is 0.238 e. The summed E-state index contributed by atoms with van der Waals surface area (Å²) in [6.45, 7) is 3.60. The van der Waals surface area contributed by atoms with Crippen molar-refractivity contribution >= 4 is 22.5 Å². The minimum Gasteiger partial charge on any atom is -0.325 e. The number of carbonyl (C=O) groups excluding carboxylic acids is 1. The standard InChI is InChI=1S/C25H27N7O/c1-15-7-18(28-24(33)14-32-12-16-3-5-19(32)8-16)4-6-20(15)22-9-21-23(11-26-22)29-30-25(21)17-10-27-31(2)13-17/h4,6-7,9-11,13,16,19H,3,5,8,12,14H2,1-2H3,(H,28,33)(H,29,30)/t16-,19+/m0/s1. The van der Waals surface area contributed by atoms with Gasteiger partial charge in [0.05, 0.1) is 30.1 Å². The van der Waals surface area contributed by atoms with Crippen LogP contribution < -0.4 is 5.32 Å². The molecule has 2 fully saturated rings. The van der Waals surface area contributed by atoms with E-state index < -0.39 is 0 Å². The van der Waals surface area contributed by atoms with Crippen LogP contribution in [0.5, 0.6) is 0 Å². The van der Waals surface area contributed by atoms with E-state index in [-0.39, 0.29) is 5.91 Å². The number of fused-ring (bicyclic) bond motifs is 3. The number of pyridine rings is 1. The summed E-state index contributed by atoms with van der Waals surface area (Å²) < 4.78 is 1.77. The number of aryl methyl sites for hydroxylation is 2. The average molecular weight is 442 g/mol. The van der Waals surface area contributed by atoms with Crippen molar-refractivity contribution in [1.82, 2.24) is 29.9 Å². The number of amides is 1. The smallest absolute Gasteiger partial charge is 0.238 e. The molecule has 0 unspecified atom stereocenters. The number of hydrogen-bond acceptors (Lipinski definition) is 5. The van der Waals surface area contributed by atoms with Gasteiger partial charge in [0.1, 0.15) is 5.69 Å². The van der Waals surface area contributed by atoms with E-state index >= 15 is 0 Å². The van der Waals surface area contributed by atoms with E-state index in [4.69, 9.17) is 0 Å². The number of hydrogen-bond donors (Lipinski definition) is 2. The molecule has 2 N–H and O–H groups in total. The Hall–Kier alpha value is -3.52. The number of piperidine rings is 1. The van der Waals surface area contributed by atoms with Crippen LogP contribution in [0.3, 0.4) is 0 Å². The SMILES string of the molecule is Cc1cc(NC(=O)CN2C[C@H]3CC[C@@H]2C3)ccc1-c1cc2c(-c3cnn(C)c3)n[nH]c2cn1. The van der Waals surface area contributed by atoms with Crippen molar-refractivity contribution in [3.8, 4) is 22.5 Å². The van der Waals surface area contributed by atoms with Crippen molar-refractivity contribution in [2.45, 2.75) is 32.2 Å². The number of rotatable bonds is 5. The zero-order chi connectivity index (χ0) is 22.5. The molecule has 8 heteroatoms.